The normalized spacial score (nSPS) is 11.3. The van der Waals surface area contributed by atoms with E-state index in [0.29, 0.717) is 0 Å². The first kappa shape index (κ1) is 16.0. The Morgan fingerprint density at radius 1 is 0.654 bits per heavy atom. The molecule has 2 aromatic carbocycles. The molecule has 6 nitrogen and oxygen atoms in total. The third-order valence-corrected chi connectivity index (χ3v) is 4.20. The zero-order chi connectivity index (χ0) is 17.9. The van der Waals surface area contributed by atoms with Gasteiger partial charge < -0.3 is 9.13 Å². The predicted octanol–water partition coefficient (Wildman–Crippen LogP) is 5.09. The monoisotopic (exact) mass is 342 g/mol. The lowest BCUT2D eigenvalue weighted by Gasteiger charge is -2.09. The van der Waals surface area contributed by atoms with Crippen LogP contribution in [0, 0.1) is 13.8 Å². The van der Waals surface area contributed by atoms with Crippen LogP contribution in [0.25, 0.3) is 11.4 Å². The van der Waals surface area contributed by atoms with Gasteiger partial charge in [0, 0.05) is 24.8 Å². The molecule has 2 aromatic heterocycles. The fourth-order valence-corrected chi connectivity index (χ4v) is 2.88. The van der Waals surface area contributed by atoms with Gasteiger partial charge in [0.05, 0.1) is 11.4 Å². The Balaban J connectivity index is 1.76. The number of hydrogen-bond donors (Lipinski definition) is 0. The van der Waals surface area contributed by atoms with Gasteiger partial charge >= 0.3 is 0 Å². The maximum absolute atomic E-state index is 4.52. The second-order valence-electron chi connectivity index (χ2n) is 5.87. The predicted molar refractivity (Wildman–Crippen MR) is 101 cm³/mol. The summed E-state index contributed by atoms with van der Waals surface area (Å²) >= 11 is 0. The van der Waals surface area contributed by atoms with E-state index in [2.05, 4.69) is 20.2 Å². The van der Waals surface area contributed by atoms with Crippen LogP contribution < -0.4 is 0 Å². The number of nitrogens with zero attached hydrogens (tertiary/aromatic N) is 6. The molecule has 0 unspecified atom stereocenters. The second-order valence-corrected chi connectivity index (χ2v) is 5.87. The smallest absolute Gasteiger partial charge is 0.110 e. The lowest BCUT2D eigenvalue weighted by atomic mass is 10.2. The van der Waals surface area contributed by atoms with Gasteiger partial charge in [0.25, 0.3) is 0 Å². The van der Waals surface area contributed by atoms with Crippen LogP contribution in [0.2, 0.25) is 0 Å². The van der Waals surface area contributed by atoms with Crippen molar-refractivity contribution in [3.8, 4) is 11.4 Å². The van der Waals surface area contributed by atoms with Gasteiger partial charge in [-0.3, -0.25) is 0 Å². The minimum atomic E-state index is 0.783. The van der Waals surface area contributed by atoms with E-state index >= 15 is 0 Å². The highest BCUT2D eigenvalue weighted by atomic mass is 15.2. The fraction of sp³-hybridized carbons (Fsp3) is 0.100. The zero-order valence-corrected chi connectivity index (χ0v) is 14.6. The van der Waals surface area contributed by atoms with E-state index in [-0.39, 0.29) is 0 Å². The van der Waals surface area contributed by atoms with Crippen molar-refractivity contribution in [1.29, 1.82) is 0 Å². The summed E-state index contributed by atoms with van der Waals surface area (Å²) in [5.74, 6) is 1.81. The van der Waals surface area contributed by atoms with E-state index in [0.717, 1.165) is 34.4 Å². The molecule has 0 aliphatic carbocycles. The zero-order valence-electron chi connectivity index (χ0n) is 14.6. The molecule has 0 saturated heterocycles. The highest BCUT2D eigenvalue weighted by molar-refractivity contribution is 5.60. The van der Waals surface area contributed by atoms with E-state index in [4.69, 9.17) is 0 Å². The summed E-state index contributed by atoms with van der Waals surface area (Å²) in [6.45, 7) is 3.93. The number of aromatic nitrogens is 4. The Kier molecular flexibility index (Phi) is 4.15. The van der Waals surface area contributed by atoms with Crippen molar-refractivity contribution in [2.45, 2.75) is 13.8 Å². The number of azo groups is 1. The van der Waals surface area contributed by atoms with Crippen molar-refractivity contribution in [1.82, 2.24) is 19.1 Å². The van der Waals surface area contributed by atoms with Gasteiger partial charge in [-0.05, 0) is 38.1 Å². The Labute approximate surface area is 151 Å². The number of hydrogen-bond acceptors (Lipinski definition) is 4. The fourth-order valence-electron chi connectivity index (χ4n) is 2.88. The molecule has 128 valence electrons. The van der Waals surface area contributed by atoms with E-state index in [1.165, 1.54) is 0 Å². The molecule has 0 saturated carbocycles. The lowest BCUT2D eigenvalue weighted by Crippen LogP contribution is -1.96. The molecular formula is C20H18N6. The van der Waals surface area contributed by atoms with Crippen molar-refractivity contribution < 1.29 is 0 Å². The number of imidazole rings is 2. The average molecular weight is 342 g/mol. The minimum absolute atomic E-state index is 0.783. The van der Waals surface area contributed by atoms with Gasteiger partial charge in [-0.1, -0.05) is 24.3 Å². The van der Waals surface area contributed by atoms with Gasteiger partial charge in [-0.25, -0.2) is 9.97 Å². The van der Waals surface area contributed by atoms with Crippen LogP contribution in [0.15, 0.2) is 83.5 Å². The molecule has 0 aliphatic rings. The average Bonchev–Trinajstić information content (AvgIpc) is 3.28. The highest BCUT2D eigenvalue weighted by Gasteiger charge is 2.08. The molecule has 0 amide bonds. The largest absolute Gasteiger partial charge is 0.302 e. The van der Waals surface area contributed by atoms with Crippen molar-refractivity contribution in [3.05, 3.63) is 85.0 Å². The second kappa shape index (κ2) is 6.76. The summed E-state index contributed by atoms with van der Waals surface area (Å²) in [4.78, 5) is 8.58. The number of para-hydroxylation sites is 2. The standard InChI is InChI=1S/C20H18N6/c1-15-21-11-13-25(15)19-9-5-3-7-17(19)23-24-18-8-4-6-10-20(18)26-14-12-22-16(26)2/h3-14H,1-2H3. The van der Waals surface area contributed by atoms with Crippen molar-refractivity contribution in [3.63, 3.8) is 0 Å². The van der Waals surface area contributed by atoms with Crippen LogP contribution >= 0.6 is 0 Å². The Hall–Kier alpha value is -3.54. The Morgan fingerprint density at radius 3 is 1.46 bits per heavy atom. The summed E-state index contributed by atoms with van der Waals surface area (Å²) in [7, 11) is 0. The molecule has 6 heteroatoms. The third kappa shape index (κ3) is 2.93. The van der Waals surface area contributed by atoms with Crippen molar-refractivity contribution >= 4 is 11.4 Å². The van der Waals surface area contributed by atoms with E-state index < -0.39 is 0 Å². The van der Waals surface area contributed by atoms with Crippen LogP contribution in [0.3, 0.4) is 0 Å². The number of aryl methyl sites for hydroxylation is 2. The molecule has 0 spiro atoms. The molecule has 4 rings (SSSR count). The summed E-state index contributed by atoms with van der Waals surface area (Å²) in [5, 5.41) is 9.03. The van der Waals surface area contributed by atoms with Crippen molar-refractivity contribution in [2.24, 2.45) is 10.2 Å². The van der Waals surface area contributed by atoms with Crippen LogP contribution in [0.5, 0.6) is 0 Å². The number of benzene rings is 2. The first-order valence-electron chi connectivity index (χ1n) is 8.34. The van der Waals surface area contributed by atoms with Crippen LogP contribution in [-0.4, -0.2) is 19.1 Å². The topological polar surface area (TPSA) is 60.4 Å². The maximum Gasteiger partial charge on any atom is 0.110 e. The van der Waals surface area contributed by atoms with Gasteiger partial charge in [0.2, 0.25) is 0 Å². The SMILES string of the molecule is Cc1nccn1-c1ccccc1N=Nc1ccccc1-n1ccnc1C. The molecule has 4 aromatic rings. The highest BCUT2D eigenvalue weighted by Crippen LogP contribution is 2.29. The molecule has 26 heavy (non-hydrogen) atoms. The maximum atomic E-state index is 4.52. The summed E-state index contributed by atoms with van der Waals surface area (Å²) < 4.78 is 4.00. The first-order chi connectivity index (χ1) is 12.7. The quantitative estimate of drug-likeness (QED) is 0.485. The Bertz CT molecular complexity index is 987. The third-order valence-electron chi connectivity index (χ3n) is 4.20. The van der Waals surface area contributed by atoms with Crippen molar-refractivity contribution in [2.75, 3.05) is 0 Å². The number of rotatable bonds is 4. The lowest BCUT2D eigenvalue weighted by molar-refractivity contribution is 0.962. The molecule has 0 bridgehead atoms. The van der Waals surface area contributed by atoms with Crippen LogP contribution in [0.1, 0.15) is 11.6 Å². The van der Waals surface area contributed by atoms with Gasteiger partial charge in [0.1, 0.15) is 23.0 Å². The minimum Gasteiger partial charge on any atom is -0.302 e. The molecule has 0 radical (unpaired) electrons. The summed E-state index contributed by atoms with van der Waals surface area (Å²) in [6, 6.07) is 15.8. The molecule has 2 heterocycles. The van der Waals surface area contributed by atoms with Gasteiger partial charge in [-0.15, -0.1) is 10.2 Å². The summed E-state index contributed by atoms with van der Waals surface area (Å²) in [5.41, 5.74) is 3.46. The molecule has 0 aliphatic heterocycles. The van der Waals surface area contributed by atoms with Crippen LogP contribution in [0.4, 0.5) is 11.4 Å². The molecule has 0 atom stereocenters. The van der Waals surface area contributed by atoms with E-state index in [9.17, 15) is 0 Å². The van der Waals surface area contributed by atoms with Gasteiger partial charge in [-0.2, -0.15) is 0 Å². The van der Waals surface area contributed by atoms with Gasteiger partial charge in [0.15, 0.2) is 0 Å². The van der Waals surface area contributed by atoms with E-state index in [1.54, 1.807) is 12.4 Å². The first-order valence-corrected chi connectivity index (χ1v) is 8.34. The molecular weight excluding hydrogens is 324 g/mol. The van der Waals surface area contributed by atoms with Crippen LogP contribution in [-0.2, 0) is 0 Å². The molecule has 0 N–H and O–H groups in total. The summed E-state index contributed by atoms with van der Waals surface area (Å²) in [6.07, 6.45) is 7.40. The van der Waals surface area contributed by atoms with E-state index in [1.807, 2.05) is 83.9 Å². The molecule has 0 fully saturated rings. The Morgan fingerprint density at radius 2 is 1.08 bits per heavy atom.